The molecule has 0 spiro atoms. The van der Waals surface area contributed by atoms with Crippen molar-refractivity contribution in [2.45, 2.75) is 19.8 Å². The molecule has 1 atom stereocenters. The van der Waals surface area contributed by atoms with Crippen molar-refractivity contribution in [3.63, 3.8) is 0 Å². The molecule has 1 unspecified atom stereocenters. The molecule has 1 aliphatic rings. The second-order valence-corrected chi connectivity index (χ2v) is 6.21. The van der Waals surface area contributed by atoms with E-state index in [0.717, 1.165) is 24.8 Å². The van der Waals surface area contributed by atoms with Crippen molar-refractivity contribution >= 4 is 22.4 Å². The van der Waals surface area contributed by atoms with Gasteiger partial charge in [-0.15, -0.1) is 0 Å². The van der Waals surface area contributed by atoms with Crippen molar-refractivity contribution in [2.75, 3.05) is 38.6 Å². The summed E-state index contributed by atoms with van der Waals surface area (Å²) in [5.74, 6) is -0.216. The van der Waals surface area contributed by atoms with Gasteiger partial charge in [-0.2, -0.15) is 0 Å². The van der Waals surface area contributed by atoms with Gasteiger partial charge in [0.1, 0.15) is 4.88 Å². The lowest BCUT2D eigenvalue weighted by Gasteiger charge is -2.20. The molecule has 1 aromatic heterocycles. The maximum Gasteiger partial charge on any atom is 0.347 e. The Bertz CT molecular complexity index is 461. The third-order valence-corrected chi connectivity index (χ3v) is 4.76. The van der Waals surface area contributed by atoms with Gasteiger partial charge in [-0.1, -0.05) is 18.3 Å². The molecule has 2 rings (SSSR count). The molecule has 1 saturated heterocycles. The summed E-state index contributed by atoms with van der Waals surface area (Å²) < 4.78 is 0. The zero-order chi connectivity index (χ0) is 14.0. The largest absolute Gasteiger partial charge is 0.477 e. The van der Waals surface area contributed by atoms with Gasteiger partial charge < -0.3 is 14.9 Å². The second-order valence-electron chi connectivity index (χ2n) is 5.23. The fraction of sp³-hybridized carbons (Fsp3) is 0.692. The number of aromatic nitrogens is 1. The molecule has 0 aromatic carbocycles. The van der Waals surface area contributed by atoms with Crippen LogP contribution in [0.4, 0.5) is 5.13 Å². The third-order valence-electron chi connectivity index (χ3n) is 3.56. The molecule has 0 bridgehead atoms. The van der Waals surface area contributed by atoms with Gasteiger partial charge in [0.05, 0.1) is 5.69 Å². The van der Waals surface area contributed by atoms with E-state index in [9.17, 15) is 4.79 Å². The summed E-state index contributed by atoms with van der Waals surface area (Å²) in [4.78, 5) is 20.4. The highest BCUT2D eigenvalue weighted by molar-refractivity contribution is 7.17. The molecule has 1 fully saturated rings. The Morgan fingerprint density at radius 1 is 1.63 bits per heavy atom. The Labute approximate surface area is 117 Å². The zero-order valence-electron chi connectivity index (χ0n) is 11.7. The third kappa shape index (κ3) is 3.25. The highest BCUT2D eigenvalue weighted by atomic mass is 32.1. The number of likely N-dealkylation sites (tertiary alicyclic amines) is 1. The van der Waals surface area contributed by atoms with E-state index in [0.29, 0.717) is 22.9 Å². The summed E-state index contributed by atoms with van der Waals surface area (Å²) in [6, 6.07) is 0. The number of carboxylic acids is 1. The van der Waals surface area contributed by atoms with Crippen molar-refractivity contribution in [3.05, 3.63) is 10.6 Å². The van der Waals surface area contributed by atoms with Crippen LogP contribution in [0.15, 0.2) is 0 Å². The molecule has 2 heterocycles. The molecule has 1 N–H and O–H groups in total. The maximum atomic E-state index is 11.1. The number of carboxylic acid groups (broad SMARTS) is 1. The summed E-state index contributed by atoms with van der Waals surface area (Å²) in [7, 11) is 4.14. The molecule has 0 saturated carbocycles. The van der Waals surface area contributed by atoms with Gasteiger partial charge >= 0.3 is 5.97 Å². The molecule has 0 aliphatic carbocycles. The Kier molecular flexibility index (Phi) is 4.42. The topological polar surface area (TPSA) is 56.7 Å². The molecular formula is C13H21N3O2S. The molecule has 1 aliphatic heterocycles. The van der Waals surface area contributed by atoms with Gasteiger partial charge in [0.15, 0.2) is 5.13 Å². The van der Waals surface area contributed by atoms with Crippen LogP contribution in [-0.2, 0) is 6.42 Å². The first-order chi connectivity index (χ1) is 9.01. The van der Waals surface area contributed by atoms with Gasteiger partial charge in [0.25, 0.3) is 0 Å². The predicted molar refractivity (Wildman–Crippen MR) is 77.3 cm³/mol. The minimum Gasteiger partial charge on any atom is -0.477 e. The zero-order valence-corrected chi connectivity index (χ0v) is 12.5. The van der Waals surface area contributed by atoms with E-state index in [1.54, 1.807) is 0 Å². The molecule has 19 heavy (non-hydrogen) atoms. The molecule has 5 nitrogen and oxygen atoms in total. The van der Waals surface area contributed by atoms with Gasteiger partial charge in [-0.05, 0) is 32.4 Å². The Balaban J connectivity index is 2.06. The van der Waals surface area contributed by atoms with Crippen LogP contribution in [0, 0.1) is 5.92 Å². The highest BCUT2D eigenvalue weighted by Gasteiger charge is 2.23. The molecule has 6 heteroatoms. The predicted octanol–water partition coefficient (Wildman–Crippen LogP) is 1.79. The smallest absolute Gasteiger partial charge is 0.347 e. The van der Waals surface area contributed by atoms with E-state index in [1.807, 2.05) is 14.0 Å². The minimum atomic E-state index is -0.866. The van der Waals surface area contributed by atoms with Crippen LogP contribution < -0.4 is 4.90 Å². The number of thiazole rings is 1. The monoisotopic (exact) mass is 283 g/mol. The Hall–Kier alpha value is -1.14. The van der Waals surface area contributed by atoms with Gasteiger partial charge in [0.2, 0.25) is 0 Å². The lowest BCUT2D eigenvalue weighted by molar-refractivity contribution is 0.0701. The van der Waals surface area contributed by atoms with Crippen LogP contribution in [0.2, 0.25) is 0 Å². The van der Waals surface area contributed by atoms with Gasteiger partial charge in [0, 0.05) is 20.1 Å². The van der Waals surface area contributed by atoms with Crippen molar-refractivity contribution in [1.29, 1.82) is 0 Å². The number of carbonyl (C=O) groups is 1. The molecular weight excluding hydrogens is 262 g/mol. The van der Waals surface area contributed by atoms with Gasteiger partial charge in [-0.3, -0.25) is 0 Å². The lowest BCUT2D eigenvalue weighted by atomic mass is 10.1. The SMILES string of the molecule is CCc1nc(N(C)CC2CCN(C)C2)sc1C(=O)O. The van der Waals surface area contributed by atoms with E-state index in [4.69, 9.17) is 5.11 Å². The van der Waals surface area contributed by atoms with E-state index >= 15 is 0 Å². The fourth-order valence-corrected chi connectivity index (χ4v) is 3.51. The molecule has 1 aromatic rings. The minimum absolute atomic E-state index is 0.382. The summed E-state index contributed by atoms with van der Waals surface area (Å²) >= 11 is 1.29. The van der Waals surface area contributed by atoms with Crippen LogP contribution >= 0.6 is 11.3 Å². The summed E-state index contributed by atoms with van der Waals surface area (Å²) in [6.45, 7) is 5.15. The number of aromatic carboxylic acids is 1. The van der Waals surface area contributed by atoms with E-state index in [-0.39, 0.29) is 0 Å². The number of rotatable bonds is 5. The van der Waals surface area contributed by atoms with Crippen LogP contribution in [0.25, 0.3) is 0 Å². The normalized spacial score (nSPS) is 19.8. The average molecular weight is 283 g/mol. The Morgan fingerprint density at radius 3 is 2.84 bits per heavy atom. The summed E-state index contributed by atoms with van der Waals surface area (Å²) in [5.41, 5.74) is 0.697. The average Bonchev–Trinajstić information content (AvgIpc) is 2.95. The number of hydrogen-bond donors (Lipinski definition) is 1. The standard InChI is InChI=1S/C13H21N3O2S/c1-4-10-11(12(17)18)19-13(14-10)16(3)8-9-5-6-15(2)7-9/h9H,4-8H2,1-3H3,(H,17,18). The molecule has 0 amide bonds. The highest BCUT2D eigenvalue weighted by Crippen LogP contribution is 2.27. The number of nitrogens with zero attached hydrogens (tertiary/aromatic N) is 3. The van der Waals surface area contributed by atoms with E-state index in [1.165, 1.54) is 17.8 Å². The fourth-order valence-electron chi connectivity index (χ4n) is 2.55. The van der Waals surface area contributed by atoms with Crippen LogP contribution in [-0.4, -0.2) is 54.7 Å². The van der Waals surface area contributed by atoms with E-state index in [2.05, 4.69) is 21.8 Å². The second kappa shape index (κ2) is 5.88. The first-order valence-electron chi connectivity index (χ1n) is 6.64. The van der Waals surface area contributed by atoms with Crippen LogP contribution in [0.1, 0.15) is 28.7 Å². The van der Waals surface area contributed by atoms with Crippen molar-refractivity contribution in [3.8, 4) is 0 Å². The van der Waals surface area contributed by atoms with Crippen molar-refractivity contribution < 1.29 is 9.90 Å². The summed E-state index contributed by atoms with van der Waals surface area (Å²) in [6.07, 6.45) is 1.87. The van der Waals surface area contributed by atoms with Crippen molar-refractivity contribution in [2.24, 2.45) is 5.92 Å². The molecule has 106 valence electrons. The number of aryl methyl sites for hydroxylation is 1. The first kappa shape index (κ1) is 14.3. The maximum absolute atomic E-state index is 11.1. The molecule has 0 radical (unpaired) electrons. The lowest BCUT2D eigenvalue weighted by Crippen LogP contribution is -2.27. The van der Waals surface area contributed by atoms with Crippen LogP contribution in [0.3, 0.4) is 0 Å². The quantitative estimate of drug-likeness (QED) is 0.893. The van der Waals surface area contributed by atoms with Crippen molar-refractivity contribution in [1.82, 2.24) is 9.88 Å². The van der Waals surface area contributed by atoms with Crippen LogP contribution in [0.5, 0.6) is 0 Å². The summed E-state index contributed by atoms with van der Waals surface area (Å²) in [5, 5.41) is 9.98. The van der Waals surface area contributed by atoms with Gasteiger partial charge in [-0.25, -0.2) is 9.78 Å². The van der Waals surface area contributed by atoms with E-state index < -0.39 is 5.97 Å². The first-order valence-corrected chi connectivity index (χ1v) is 7.45. The number of hydrogen-bond acceptors (Lipinski definition) is 5. The number of anilines is 1. The Morgan fingerprint density at radius 2 is 2.37 bits per heavy atom.